The smallest absolute Gasteiger partial charge is 0.329 e. The van der Waals surface area contributed by atoms with Crippen LogP contribution in [0.5, 0.6) is 5.75 Å². The summed E-state index contributed by atoms with van der Waals surface area (Å²) in [5.74, 6) is 0.189. The molecule has 3 amide bonds. The highest BCUT2D eigenvalue weighted by molar-refractivity contribution is 6.25. The second kappa shape index (κ2) is 19.7. The van der Waals surface area contributed by atoms with E-state index in [4.69, 9.17) is 14.2 Å². The summed E-state index contributed by atoms with van der Waals surface area (Å²) >= 11 is 0. The lowest BCUT2D eigenvalue weighted by Crippen LogP contribution is -2.56. The van der Waals surface area contributed by atoms with Gasteiger partial charge in [-0.3, -0.25) is 24.2 Å². The number of para-hydroxylation sites is 1. The molecule has 1 spiro atoms. The highest BCUT2D eigenvalue weighted by Gasteiger charge is 2.76. The van der Waals surface area contributed by atoms with Crippen molar-refractivity contribution in [2.75, 3.05) is 38.8 Å². The number of hydrogen-bond acceptors (Lipinski definition) is 11. The fourth-order valence-electron chi connectivity index (χ4n) is 9.98. The Labute approximate surface area is 389 Å². The normalized spacial score (nSPS) is 22.4. The van der Waals surface area contributed by atoms with Crippen LogP contribution in [-0.4, -0.2) is 95.9 Å². The van der Waals surface area contributed by atoms with Crippen LogP contribution >= 0.6 is 0 Å². The summed E-state index contributed by atoms with van der Waals surface area (Å²) in [6.07, 6.45) is -1.00. The molecular formula is C53H52N4O10. The van der Waals surface area contributed by atoms with E-state index < -0.39 is 77.4 Å². The lowest BCUT2D eigenvalue weighted by molar-refractivity contribution is -0.179. The van der Waals surface area contributed by atoms with Gasteiger partial charge < -0.3 is 29.7 Å². The van der Waals surface area contributed by atoms with Crippen molar-refractivity contribution in [2.24, 2.45) is 11.8 Å². The Morgan fingerprint density at radius 2 is 1.51 bits per heavy atom. The molecule has 3 aliphatic rings. The lowest BCUT2D eigenvalue weighted by Gasteiger charge is -2.46. The Kier molecular flexibility index (Phi) is 13.6. The first kappa shape index (κ1) is 46.2. The third-order valence-electron chi connectivity index (χ3n) is 12.8. The predicted molar refractivity (Wildman–Crippen MR) is 247 cm³/mol. The number of cyclic esters (lactones) is 1. The van der Waals surface area contributed by atoms with Crippen molar-refractivity contribution in [1.82, 2.24) is 15.1 Å². The van der Waals surface area contributed by atoms with E-state index in [0.717, 1.165) is 10.5 Å². The van der Waals surface area contributed by atoms with Crippen LogP contribution in [0.1, 0.15) is 65.4 Å². The van der Waals surface area contributed by atoms with Crippen LogP contribution in [-0.2, 0) is 40.6 Å². The Balaban J connectivity index is 1.40. The van der Waals surface area contributed by atoms with E-state index in [0.29, 0.717) is 35.3 Å². The molecule has 2 saturated heterocycles. The number of carbonyl (C=O) groups is 5. The summed E-state index contributed by atoms with van der Waals surface area (Å²) in [6.45, 7) is 3.88. The number of amides is 3. The van der Waals surface area contributed by atoms with Gasteiger partial charge in [-0.05, 0) is 59.5 Å². The summed E-state index contributed by atoms with van der Waals surface area (Å²) in [6, 6.07) is 33.7. The number of nitrogens with one attached hydrogen (secondary N) is 1. The number of aliphatic carboxylic acids is 1. The molecule has 0 bridgehead atoms. The average Bonchev–Trinajstić information content (AvgIpc) is 3.79. The number of carboxylic acids is 1. The molecule has 2 fully saturated rings. The standard InChI is InChI=1S/C53H52N4O10/c1-33(2)43(49(61)65-4)54-52(64)56-40-27-26-34(19-16-28-55(3)32-35-17-8-5-9-18-35)31-39(40)53(51(56)63)42(48(59)60)45-50(62)67-46(37-22-12-7-13-23-37)44(36-20-10-6-11-21-36)57(45)47(53)38-24-14-15-25-41(38)66-30-29-58/h5-15,17-18,20-27,31,33,42-47,58H,28-30,32H2,1-4H3,(H,54,64)(H,59,60). The maximum Gasteiger partial charge on any atom is 0.329 e. The molecule has 0 aromatic heterocycles. The number of rotatable bonds is 13. The fourth-order valence-corrected chi connectivity index (χ4v) is 9.98. The monoisotopic (exact) mass is 904 g/mol. The second-order valence-corrected chi connectivity index (χ2v) is 17.2. The molecule has 3 aliphatic heterocycles. The molecule has 5 aromatic carbocycles. The average molecular weight is 905 g/mol. The summed E-state index contributed by atoms with van der Waals surface area (Å²) in [4.78, 5) is 78.3. The molecule has 344 valence electrons. The highest BCUT2D eigenvalue weighted by atomic mass is 16.6. The van der Waals surface area contributed by atoms with Gasteiger partial charge in [0.1, 0.15) is 41.9 Å². The van der Waals surface area contributed by atoms with E-state index in [1.807, 2.05) is 103 Å². The Morgan fingerprint density at radius 1 is 0.866 bits per heavy atom. The zero-order valence-corrected chi connectivity index (χ0v) is 37.6. The van der Waals surface area contributed by atoms with E-state index in [9.17, 15) is 24.6 Å². The number of hydrogen-bond donors (Lipinski definition) is 3. The van der Waals surface area contributed by atoms with Gasteiger partial charge in [0.05, 0.1) is 38.0 Å². The minimum absolute atomic E-state index is 0.0377. The van der Waals surface area contributed by atoms with Gasteiger partial charge in [0, 0.05) is 17.7 Å². The third kappa shape index (κ3) is 8.53. The van der Waals surface area contributed by atoms with Crippen molar-refractivity contribution >= 4 is 35.5 Å². The SMILES string of the molecule is COC(=O)C(NC(=O)N1C(=O)C2(c3cc(C#CCN(C)Cc4ccccc4)ccc31)C(C(=O)O)C1C(=O)OC(c3ccccc3)C(c3ccccc3)N1C2c1ccccc1OCCO)C(C)C. The van der Waals surface area contributed by atoms with Crippen molar-refractivity contribution in [3.05, 3.63) is 167 Å². The van der Waals surface area contributed by atoms with E-state index in [2.05, 4.69) is 17.2 Å². The molecule has 14 heteroatoms. The number of imide groups is 1. The number of aliphatic hydroxyl groups is 1. The zero-order valence-electron chi connectivity index (χ0n) is 37.6. The van der Waals surface area contributed by atoms with Crippen LogP contribution in [0.15, 0.2) is 133 Å². The van der Waals surface area contributed by atoms with Crippen LogP contribution in [0, 0.1) is 23.7 Å². The molecule has 14 nitrogen and oxygen atoms in total. The predicted octanol–water partition coefficient (Wildman–Crippen LogP) is 6.20. The van der Waals surface area contributed by atoms with Gasteiger partial charge in [0.25, 0.3) is 0 Å². The number of urea groups is 1. The fraction of sp³-hybridized carbons (Fsp3) is 0.302. The molecule has 0 saturated carbocycles. The minimum atomic E-state index is -2.28. The summed E-state index contributed by atoms with van der Waals surface area (Å²) < 4.78 is 17.6. The molecule has 5 aromatic rings. The molecule has 7 atom stereocenters. The number of benzene rings is 5. The van der Waals surface area contributed by atoms with E-state index in [1.54, 1.807) is 61.2 Å². The van der Waals surface area contributed by atoms with E-state index in [1.165, 1.54) is 7.11 Å². The zero-order chi connectivity index (χ0) is 47.4. The Hall–Kier alpha value is -7.31. The number of methoxy groups -OCH3 is 1. The van der Waals surface area contributed by atoms with Crippen molar-refractivity contribution in [3.8, 4) is 17.6 Å². The van der Waals surface area contributed by atoms with Crippen LogP contribution in [0.4, 0.5) is 10.5 Å². The van der Waals surface area contributed by atoms with Gasteiger partial charge in [0.2, 0.25) is 5.91 Å². The second-order valence-electron chi connectivity index (χ2n) is 17.2. The number of aliphatic hydroxyl groups excluding tert-OH is 1. The number of carbonyl (C=O) groups excluding carboxylic acids is 4. The Bertz CT molecular complexity index is 2710. The van der Waals surface area contributed by atoms with Gasteiger partial charge in [-0.1, -0.05) is 135 Å². The number of ether oxygens (including phenoxy) is 3. The number of esters is 2. The van der Waals surface area contributed by atoms with Gasteiger partial charge in [-0.2, -0.15) is 0 Å². The van der Waals surface area contributed by atoms with Crippen molar-refractivity contribution in [2.45, 2.75) is 56.1 Å². The van der Waals surface area contributed by atoms with Crippen molar-refractivity contribution in [3.63, 3.8) is 0 Å². The molecule has 8 rings (SSSR count). The number of morpholine rings is 1. The number of carboxylic acid groups (broad SMARTS) is 1. The van der Waals surface area contributed by atoms with E-state index in [-0.39, 0.29) is 30.2 Å². The number of nitrogens with zero attached hydrogens (tertiary/aromatic N) is 3. The first-order valence-corrected chi connectivity index (χ1v) is 22.1. The highest BCUT2D eigenvalue weighted by Crippen LogP contribution is 2.66. The van der Waals surface area contributed by atoms with Gasteiger partial charge >= 0.3 is 23.9 Å². The molecule has 0 radical (unpaired) electrons. The molecule has 0 aliphatic carbocycles. The summed E-state index contributed by atoms with van der Waals surface area (Å²) in [5.41, 5.74) is 0.998. The molecule has 67 heavy (non-hydrogen) atoms. The van der Waals surface area contributed by atoms with Crippen LogP contribution in [0.2, 0.25) is 0 Å². The first-order chi connectivity index (χ1) is 32.4. The van der Waals surface area contributed by atoms with Gasteiger partial charge in [-0.15, -0.1) is 0 Å². The maximum absolute atomic E-state index is 16.3. The molecule has 3 heterocycles. The Morgan fingerprint density at radius 3 is 2.15 bits per heavy atom. The van der Waals surface area contributed by atoms with Crippen LogP contribution < -0.4 is 15.0 Å². The van der Waals surface area contributed by atoms with Crippen LogP contribution in [0.25, 0.3) is 0 Å². The summed E-state index contributed by atoms with van der Waals surface area (Å²) in [7, 11) is 3.13. The van der Waals surface area contributed by atoms with Gasteiger partial charge in [-0.25, -0.2) is 14.5 Å². The van der Waals surface area contributed by atoms with Crippen LogP contribution in [0.3, 0.4) is 0 Å². The molecular weight excluding hydrogens is 853 g/mol. The number of fused-ring (bicyclic) bond motifs is 3. The lowest BCUT2D eigenvalue weighted by atomic mass is 9.65. The third-order valence-corrected chi connectivity index (χ3v) is 12.8. The van der Waals surface area contributed by atoms with Gasteiger partial charge in [0.15, 0.2) is 0 Å². The molecule has 7 unspecified atom stereocenters. The largest absolute Gasteiger partial charge is 0.491 e. The molecule has 3 N–H and O–H groups in total. The minimum Gasteiger partial charge on any atom is -0.491 e. The summed E-state index contributed by atoms with van der Waals surface area (Å²) in [5, 5.41) is 24.4. The van der Waals surface area contributed by atoms with Crippen molar-refractivity contribution in [1.29, 1.82) is 0 Å². The topological polar surface area (TPSA) is 175 Å². The number of anilines is 1. The van der Waals surface area contributed by atoms with E-state index >= 15 is 9.59 Å². The van der Waals surface area contributed by atoms with Crippen molar-refractivity contribution < 1.29 is 48.4 Å². The quantitative estimate of drug-likeness (QED) is 0.0904. The first-order valence-electron chi connectivity index (χ1n) is 22.1. The maximum atomic E-state index is 16.3.